The largest absolute Gasteiger partial charge is 0.492 e. The Balaban J connectivity index is 1.71. The lowest BCUT2D eigenvalue weighted by Crippen LogP contribution is -2.32. The second kappa shape index (κ2) is 7.66. The third-order valence-electron chi connectivity index (χ3n) is 2.90. The van der Waals surface area contributed by atoms with Crippen LogP contribution in [0.5, 0.6) is 5.75 Å². The Morgan fingerprint density at radius 1 is 1.23 bits per heavy atom. The number of urea groups is 1. The Hall–Kier alpha value is -2.27. The summed E-state index contributed by atoms with van der Waals surface area (Å²) in [4.78, 5) is 11.7. The van der Waals surface area contributed by atoms with E-state index < -0.39 is 0 Å². The minimum absolute atomic E-state index is 0.285. The number of anilines is 1. The van der Waals surface area contributed by atoms with Gasteiger partial charge in [0.05, 0.1) is 6.54 Å². The molecular weight excluding hydrogens is 307 g/mol. The molecular formula is C16H16ClFN2O2. The van der Waals surface area contributed by atoms with Crippen molar-refractivity contribution < 1.29 is 13.9 Å². The van der Waals surface area contributed by atoms with Gasteiger partial charge in [0.25, 0.3) is 0 Å². The summed E-state index contributed by atoms with van der Waals surface area (Å²) in [6.45, 7) is 2.50. The Bertz CT molecular complexity index is 647. The van der Waals surface area contributed by atoms with E-state index in [1.54, 1.807) is 12.1 Å². The first-order valence-corrected chi connectivity index (χ1v) is 7.12. The Kier molecular flexibility index (Phi) is 5.61. The van der Waals surface area contributed by atoms with Crippen LogP contribution in [0.3, 0.4) is 0 Å². The van der Waals surface area contributed by atoms with Crippen molar-refractivity contribution in [2.45, 2.75) is 6.92 Å². The zero-order chi connectivity index (χ0) is 15.9. The van der Waals surface area contributed by atoms with E-state index in [1.165, 1.54) is 24.3 Å². The molecule has 2 rings (SSSR count). The van der Waals surface area contributed by atoms with Crippen LogP contribution in [0.15, 0.2) is 42.5 Å². The predicted octanol–water partition coefficient (Wildman–Crippen LogP) is 3.99. The number of nitrogens with one attached hydrogen (secondary N) is 2. The van der Waals surface area contributed by atoms with Crippen LogP contribution in [0.2, 0.25) is 5.02 Å². The minimum Gasteiger partial charge on any atom is -0.492 e. The maximum Gasteiger partial charge on any atom is 0.319 e. The standard InChI is InChI=1S/C16H16ClFN2O2/c1-11-2-5-13(10-15(11)17)20-16(21)19-8-9-22-14-6-3-12(18)4-7-14/h2-7,10H,8-9H2,1H3,(H2,19,20,21). The topological polar surface area (TPSA) is 50.4 Å². The van der Waals surface area contributed by atoms with Crippen molar-refractivity contribution in [3.05, 3.63) is 58.9 Å². The fourth-order valence-electron chi connectivity index (χ4n) is 1.71. The number of rotatable bonds is 5. The van der Waals surface area contributed by atoms with Crippen LogP contribution >= 0.6 is 11.6 Å². The molecule has 0 fully saturated rings. The van der Waals surface area contributed by atoms with Crippen LogP contribution in [0.25, 0.3) is 0 Å². The van der Waals surface area contributed by atoms with Gasteiger partial charge in [-0.2, -0.15) is 0 Å². The van der Waals surface area contributed by atoms with Gasteiger partial charge in [-0.3, -0.25) is 0 Å². The molecule has 0 saturated heterocycles. The third kappa shape index (κ3) is 4.93. The van der Waals surface area contributed by atoms with Gasteiger partial charge in [-0.05, 0) is 48.9 Å². The zero-order valence-corrected chi connectivity index (χ0v) is 12.8. The molecule has 2 amide bonds. The molecule has 0 bridgehead atoms. The number of ether oxygens (including phenoxy) is 1. The van der Waals surface area contributed by atoms with Crippen LogP contribution in [-0.2, 0) is 0 Å². The molecule has 0 aromatic heterocycles. The summed E-state index contributed by atoms with van der Waals surface area (Å²) < 4.78 is 18.1. The summed E-state index contributed by atoms with van der Waals surface area (Å²) in [5, 5.41) is 5.93. The lowest BCUT2D eigenvalue weighted by atomic mass is 10.2. The van der Waals surface area contributed by atoms with Crippen molar-refractivity contribution in [1.82, 2.24) is 5.32 Å². The first-order valence-electron chi connectivity index (χ1n) is 6.74. The van der Waals surface area contributed by atoms with Crippen molar-refractivity contribution >= 4 is 23.3 Å². The molecule has 0 unspecified atom stereocenters. The first kappa shape index (κ1) is 16.1. The summed E-state index contributed by atoms with van der Waals surface area (Å²) in [7, 11) is 0. The van der Waals surface area contributed by atoms with E-state index in [4.69, 9.17) is 16.3 Å². The van der Waals surface area contributed by atoms with Crippen molar-refractivity contribution in [2.75, 3.05) is 18.5 Å². The molecule has 0 aliphatic rings. The highest BCUT2D eigenvalue weighted by Crippen LogP contribution is 2.19. The first-order chi connectivity index (χ1) is 10.5. The number of aryl methyl sites for hydroxylation is 1. The fraction of sp³-hybridized carbons (Fsp3) is 0.188. The number of hydrogen-bond donors (Lipinski definition) is 2. The van der Waals surface area contributed by atoms with Gasteiger partial charge in [-0.1, -0.05) is 17.7 Å². The predicted molar refractivity (Wildman–Crippen MR) is 85.1 cm³/mol. The van der Waals surface area contributed by atoms with E-state index in [2.05, 4.69) is 10.6 Å². The van der Waals surface area contributed by atoms with Crippen LogP contribution in [-0.4, -0.2) is 19.2 Å². The van der Waals surface area contributed by atoms with Crippen molar-refractivity contribution in [3.63, 3.8) is 0 Å². The highest BCUT2D eigenvalue weighted by atomic mass is 35.5. The van der Waals surface area contributed by atoms with Crippen molar-refractivity contribution in [1.29, 1.82) is 0 Å². The van der Waals surface area contributed by atoms with Crippen LogP contribution < -0.4 is 15.4 Å². The van der Waals surface area contributed by atoms with Crippen molar-refractivity contribution in [3.8, 4) is 5.75 Å². The summed E-state index contributed by atoms with van der Waals surface area (Å²) in [6, 6.07) is 10.6. The normalized spacial score (nSPS) is 10.1. The maximum absolute atomic E-state index is 12.7. The number of amides is 2. The average Bonchev–Trinajstić information content (AvgIpc) is 2.49. The van der Waals surface area contributed by atoms with Gasteiger partial charge in [0, 0.05) is 10.7 Å². The molecule has 0 spiro atoms. The Morgan fingerprint density at radius 2 is 1.95 bits per heavy atom. The van der Waals surface area contributed by atoms with E-state index in [1.807, 2.05) is 13.0 Å². The molecule has 0 heterocycles. The van der Waals surface area contributed by atoms with Crippen molar-refractivity contribution in [2.24, 2.45) is 0 Å². The average molecular weight is 323 g/mol. The molecule has 116 valence electrons. The van der Waals surface area contributed by atoms with Crippen LogP contribution in [0.1, 0.15) is 5.56 Å². The quantitative estimate of drug-likeness (QED) is 0.818. The second-order valence-electron chi connectivity index (χ2n) is 4.65. The molecule has 2 N–H and O–H groups in total. The highest BCUT2D eigenvalue weighted by molar-refractivity contribution is 6.31. The summed E-state index contributed by atoms with van der Waals surface area (Å²) in [5.74, 6) is 0.232. The van der Waals surface area contributed by atoms with Gasteiger partial charge in [-0.15, -0.1) is 0 Å². The molecule has 6 heteroatoms. The van der Waals surface area contributed by atoms with Gasteiger partial charge < -0.3 is 15.4 Å². The van der Waals surface area contributed by atoms with E-state index in [-0.39, 0.29) is 18.5 Å². The minimum atomic E-state index is -0.345. The lowest BCUT2D eigenvalue weighted by Gasteiger charge is -2.10. The molecule has 0 aliphatic heterocycles. The zero-order valence-electron chi connectivity index (χ0n) is 12.0. The van der Waals surface area contributed by atoms with E-state index in [0.717, 1.165) is 5.56 Å². The molecule has 0 aliphatic carbocycles. The maximum atomic E-state index is 12.7. The van der Waals surface area contributed by atoms with Gasteiger partial charge in [0.1, 0.15) is 18.2 Å². The molecule has 0 radical (unpaired) electrons. The molecule has 2 aromatic carbocycles. The van der Waals surface area contributed by atoms with E-state index in [0.29, 0.717) is 23.0 Å². The van der Waals surface area contributed by atoms with Crippen LogP contribution in [0, 0.1) is 12.7 Å². The van der Waals surface area contributed by atoms with E-state index >= 15 is 0 Å². The second-order valence-corrected chi connectivity index (χ2v) is 5.05. The van der Waals surface area contributed by atoms with Gasteiger partial charge >= 0.3 is 6.03 Å². The van der Waals surface area contributed by atoms with Gasteiger partial charge in [-0.25, -0.2) is 9.18 Å². The number of carbonyl (C=O) groups is 1. The monoisotopic (exact) mass is 322 g/mol. The molecule has 2 aromatic rings. The van der Waals surface area contributed by atoms with E-state index in [9.17, 15) is 9.18 Å². The fourth-order valence-corrected chi connectivity index (χ4v) is 1.89. The number of hydrogen-bond acceptors (Lipinski definition) is 2. The summed E-state index contributed by atoms with van der Waals surface area (Å²) in [6.07, 6.45) is 0. The molecule has 4 nitrogen and oxygen atoms in total. The van der Waals surface area contributed by atoms with Gasteiger partial charge in [0.15, 0.2) is 0 Å². The molecule has 0 saturated carbocycles. The van der Waals surface area contributed by atoms with Gasteiger partial charge in [0.2, 0.25) is 0 Å². The Morgan fingerprint density at radius 3 is 2.64 bits per heavy atom. The third-order valence-corrected chi connectivity index (χ3v) is 3.31. The molecule has 0 atom stereocenters. The number of halogens is 2. The smallest absolute Gasteiger partial charge is 0.319 e. The summed E-state index contributed by atoms with van der Waals surface area (Å²) in [5.41, 5.74) is 1.56. The number of benzene rings is 2. The highest BCUT2D eigenvalue weighted by Gasteiger charge is 2.03. The number of carbonyl (C=O) groups excluding carboxylic acids is 1. The SMILES string of the molecule is Cc1ccc(NC(=O)NCCOc2ccc(F)cc2)cc1Cl. The lowest BCUT2D eigenvalue weighted by molar-refractivity contribution is 0.247. The molecule has 22 heavy (non-hydrogen) atoms. The van der Waals surface area contributed by atoms with Crippen LogP contribution in [0.4, 0.5) is 14.9 Å². The summed E-state index contributed by atoms with van der Waals surface area (Å²) >= 11 is 5.98. The Labute approximate surface area is 133 Å².